The fourth-order valence-electron chi connectivity index (χ4n) is 2.34. The van der Waals surface area contributed by atoms with Crippen LogP contribution in [-0.2, 0) is 4.79 Å². The fraction of sp³-hybridized carbons (Fsp3) is 0.833. The molecule has 0 aromatic heterocycles. The van der Waals surface area contributed by atoms with Crippen molar-refractivity contribution in [1.29, 1.82) is 0 Å². The molecule has 0 aliphatic rings. The van der Waals surface area contributed by atoms with Crippen LogP contribution in [0, 0.1) is 0 Å². The smallest absolute Gasteiger partial charge is 0.550 e. The monoisotopic (exact) mass is 320 g/mol. The molecule has 0 radical (unpaired) electrons. The Balaban J connectivity index is 0. The van der Waals surface area contributed by atoms with Crippen molar-refractivity contribution in [2.75, 3.05) is 0 Å². The van der Waals surface area contributed by atoms with Gasteiger partial charge in [-0.05, 0) is 38.5 Å². The summed E-state index contributed by atoms with van der Waals surface area (Å²) in [5, 5.41) is 10.2. The number of allylic oxidation sites excluding steroid dienone is 2. The van der Waals surface area contributed by atoms with Crippen LogP contribution in [0.5, 0.6) is 0 Å². The fourth-order valence-corrected chi connectivity index (χ4v) is 2.34. The molecule has 3 heteroatoms. The van der Waals surface area contributed by atoms with Gasteiger partial charge in [-0.1, -0.05) is 70.4 Å². The van der Waals surface area contributed by atoms with Gasteiger partial charge in [0.15, 0.2) is 0 Å². The number of carbonyl (C=O) groups is 1. The van der Waals surface area contributed by atoms with E-state index in [4.69, 9.17) is 0 Å². The van der Waals surface area contributed by atoms with Crippen LogP contribution >= 0.6 is 0 Å². The van der Waals surface area contributed by atoms with Gasteiger partial charge >= 0.3 is 51.4 Å². The van der Waals surface area contributed by atoms with Gasteiger partial charge in [-0.15, -0.1) is 0 Å². The van der Waals surface area contributed by atoms with Crippen LogP contribution in [0.2, 0.25) is 0 Å². The zero-order valence-corrected chi connectivity index (χ0v) is 17.5. The normalized spacial score (nSPS) is 10.7. The van der Waals surface area contributed by atoms with E-state index in [-0.39, 0.29) is 57.8 Å². The number of carboxylic acids is 1. The Bertz CT molecular complexity index is 239. The number of carbonyl (C=O) groups excluding carboxylic acids is 1. The first-order chi connectivity index (χ1) is 9.77. The summed E-state index contributed by atoms with van der Waals surface area (Å²) in [6.07, 6.45) is 20.9. The minimum atomic E-state index is -0.914. The van der Waals surface area contributed by atoms with E-state index in [1.54, 1.807) is 0 Å². The SMILES string of the molecule is CCCCCCCC/C=C\CCCCCCCC(=O)[O-].[K+]. The second-order valence-corrected chi connectivity index (χ2v) is 5.71. The first-order valence-electron chi connectivity index (χ1n) is 8.62. The Morgan fingerprint density at radius 2 is 1.19 bits per heavy atom. The molecule has 2 nitrogen and oxygen atoms in total. The number of carboxylic acid groups (broad SMARTS) is 1. The van der Waals surface area contributed by atoms with Crippen LogP contribution in [0.1, 0.15) is 96.8 Å². The molecule has 0 aliphatic heterocycles. The molecule has 0 unspecified atom stereocenters. The molecule has 0 heterocycles. The van der Waals surface area contributed by atoms with Crippen molar-refractivity contribution in [3.63, 3.8) is 0 Å². The van der Waals surface area contributed by atoms with E-state index in [2.05, 4.69) is 19.1 Å². The molecule has 0 N–H and O–H groups in total. The number of hydrogen-bond donors (Lipinski definition) is 0. The Labute approximate surface area is 174 Å². The summed E-state index contributed by atoms with van der Waals surface area (Å²) in [6, 6.07) is 0. The molecule has 0 amide bonds. The Hall–Kier alpha value is 0.846. The molecule has 0 fully saturated rings. The number of rotatable bonds is 15. The number of unbranched alkanes of at least 4 members (excludes halogenated alkanes) is 11. The van der Waals surface area contributed by atoms with Gasteiger partial charge in [-0.2, -0.15) is 0 Å². The molecule has 0 aromatic rings. The molecular weight excluding hydrogens is 287 g/mol. The quantitative estimate of drug-likeness (QED) is 0.262. The van der Waals surface area contributed by atoms with Crippen LogP contribution < -0.4 is 56.5 Å². The molecule has 0 saturated heterocycles. The van der Waals surface area contributed by atoms with Crippen LogP contribution in [0.4, 0.5) is 0 Å². The third kappa shape index (κ3) is 23.2. The third-order valence-corrected chi connectivity index (χ3v) is 3.64. The Morgan fingerprint density at radius 3 is 1.67 bits per heavy atom. The molecule has 0 aromatic carbocycles. The van der Waals surface area contributed by atoms with Crippen molar-refractivity contribution in [1.82, 2.24) is 0 Å². The summed E-state index contributed by atoms with van der Waals surface area (Å²) in [6.45, 7) is 2.26. The van der Waals surface area contributed by atoms with Crippen LogP contribution in [-0.4, -0.2) is 5.97 Å². The summed E-state index contributed by atoms with van der Waals surface area (Å²) in [7, 11) is 0. The van der Waals surface area contributed by atoms with Gasteiger partial charge in [0, 0.05) is 5.97 Å². The van der Waals surface area contributed by atoms with E-state index in [9.17, 15) is 9.90 Å². The van der Waals surface area contributed by atoms with Crippen molar-refractivity contribution < 1.29 is 61.3 Å². The first kappa shape index (κ1) is 24.1. The molecular formula is C18H33KO2. The summed E-state index contributed by atoms with van der Waals surface area (Å²) in [5.74, 6) is -0.914. The molecule has 21 heavy (non-hydrogen) atoms. The van der Waals surface area contributed by atoms with Gasteiger partial charge in [0.25, 0.3) is 0 Å². The van der Waals surface area contributed by atoms with Crippen LogP contribution in [0.15, 0.2) is 12.2 Å². The van der Waals surface area contributed by atoms with E-state index < -0.39 is 5.97 Å². The summed E-state index contributed by atoms with van der Waals surface area (Å²) in [4.78, 5) is 10.2. The minimum Gasteiger partial charge on any atom is -0.550 e. The van der Waals surface area contributed by atoms with Crippen LogP contribution in [0.3, 0.4) is 0 Å². The minimum absolute atomic E-state index is 0. The van der Waals surface area contributed by atoms with E-state index in [1.807, 2.05) is 0 Å². The van der Waals surface area contributed by atoms with Crippen molar-refractivity contribution in [2.24, 2.45) is 0 Å². The summed E-state index contributed by atoms with van der Waals surface area (Å²) >= 11 is 0. The number of hydrogen-bond acceptors (Lipinski definition) is 2. The first-order valence-corrected chi connectivity index (χ1v) is 8.62. The maximum absolute atomic E-state index is 10.2. The molecule has 0 spiro atoms. The van der Waals surface area contributed by atoms with Crippen molar-refractivity contribution in [3.8, 4) is 0 Å². The average molecular weight is 321 g/mol. The van der Waals surface area contributed by atoms with Crippen molar-refractivity contribution >= 4 is 5.97 Å². The molecule has 0 saturated carbocycles. The van der Waals surface area contributed by atoms with E-state index in [0.29, 0.717) is 0 Å². The summed E-state index contributed by atoms with van der Waals surface area (Å²) in [5.41, 5.74) is 0. The predicted molar refractivity (Wildman–Crippen MR) is 84.5 cm³/mol. The average Bonchev–Trinajstić information content (AvgIpc) is 2.43. The van der Waals surface area contributed by atoms with E-state index in [0.717, 1.165) is 19.3 Å². The molecule has 0 atom stereocenters. The van der Waals surface area contributed by atoms with Crippen LogP contribution in [0.25, 0.3) is 0 Å². The Morgan fingerprint density at radius 1 is 0.762 bits per heavy atom. The van der Waals surface area contributed by atoms with E-state index in [1.165, 1.54) is 64.2 Å². The zero-order valence-electron chi connectivity index (χ0n) is 14.4. The summed E-state index contributed by atoms with van der Waals surface area (Å²) < 4.78 is 0. The van der Waals surface area contributed by atoms with Crippen molar-refractivity contribution in [3.05, 3.63) is 12.2 Å². The van der Waals surface area contributed by atoms with Gasteiger partial charge in [0.05, 0.1) is 0 Å². The second-order valence-electron chi connectivity index (χ2n) is 5.71. The van der Waals surface area contributed by atoms with Gasteiger partial charge in [-0.25, -0.2) is 0 Å². The predicted octanol–water partition coefficient (Wildman–Crippen LogP) is 1.78. The van der Waals surface area contributed by atoms with E-state index >= 15 is 0 Å². The largest absolute Gasteiger partial charge is 1.00 e. The van der Waals surface area contributed by atoms with Gasteiger partial charge < -0.3 is 9.90 Å². The molecule has 118 valence electrons. The van der Waals surface area contributed by atoms with Gasteiger partial charge in [0.2, 0.25) is 0 Å². The topological polar surface area (TPSA) is 40.1 Å². The maximum Gasteiger partial charge on any atom is 1.00 e. The molecule has 0 rings (SSSR count). The zero-order chi connectivity index (χ0) is 14.9. The Kier molecular flexibility index (Phi) is 23.9. The maximum atomic E-state index is 10.2. The number of aliphatic carboxylic acids is 1. The van der Waals surface area contributed by atoms with Crippen molar-refractivity contribution in [2.45, 2.75) is 96.8 Å². The third-order valence-electron chi connectivity index (χ3n) is 3.64. The molecule has 0 bridgehead atoms. The molecule has 0 aliphatic carbocycles. The van der Waals surface area contributed by atoms with Gasteiger partial charge in [-0.3, -0.25) is 0 Å². The second kappa shape index (κ2) is 20.8. The standard InChI is InChI=1S/C18H34O2.K/c1-2-3-4-5-6-7-8-9-10-11-12-13-14-15-16-17-18(19)20;/h9-10H,2-8,11-17H2,1H3,(H,19,20);/q;+1/p-1/b10-9-;. The van der Waals surface area contributed by atoms with Gasteiger partial charge in [0.1, 0.15) is 0 Å².